The van der Waals surface area contributed by atoms with Crippen LogP contribution < -0.4 is 5.32 Å². The molecule has 0 aromatic carbocycles. The van der Waals surface area contributed by atoms with E-state index in [9.17, 15) is 0 Å². The number of pyridine rings is 1. The first kappa shape index (κ1) is 10.6. The molecule has 0 spiro atoms. The molecule has 2 aromatic rings. The summed E-state index contributed by atoms with van der Waals surface area (Å²) in [5, 5.41) is 3.29. The molecule has 2 heterocycles. The summed E-state index contributed by atoms with van der Waals surface area (Å²) in [6.45, 7) is 1.56. The Hall–Kier alpha value is -0.880. The van der Waals surface area contributed by atoms with Crippen LogP contribution in [0.5, 0.6) is 0 Å². The van der Waals surface area contributed by atoms with Gasteiger partial charge in [-0.25, -0.2) is 0 Å². The third-order valence-corrected chi connectivity index (χ3v) is 2.56. The number of furan rings is 1. The molecule has 78 valence electrons. The maximum absolute atomic E-state index is 5.43. The number of rotatable bonds is 4. The van der Waals surface area contributed by atoms with Crippen LogP contribution in [0.4, 0.5) is 0 Å². The maximum Gasteiger partial charge on any atom is 0.164 e. The van der Waals surface area contributed by atoms with Gasteiger partial charge in [0.1, 0.15) is 5.76 Å². The normalized spacial score (nSPS) is 10.5. The van der Waals surface area contributed by atoms with Crippen molar-refractivity contribution in [2.75, 3.05) is 0 Å². The highest BCUT2D eigenvalue weighted by molar-refractivity contribution is 14.1. The Labute approximate surface area is 102 Å². The first-order chi connectivity index (χ1) is 7.34. The molecule has 0 bridgehead atoms. The van der Waals surface area contributed by atoms with Crippen LogP contribution in [0, 0.1) is 3.77 Å². The Kier molecular flexibility index (Phi) is 3.74. The molecular weight excluding hydrogens is 303 g/mol. The van der Waals surface area contributed by atoms with Gasteiger partial charge in [-0.15, -0.1) is 0 Å². The van der Waals surface area contributed by atoms with E-state index in [2.05, 4.69) is 32.9 Å². The monoisotopic (exact) mass is 314 g/mol. The zero-order chi connectivity index (χ0) is 10.5. The third-order valence-electron chi connectivity index (χ3n) is 1.98. The van der Waals surface area contributed by atoms with E-state index >= 15 is 0 Å². The van der Waals surface area contributed by atoms with Crippen molar-refractivity contribution < 1.29 is 4.42 Å². The van der Waals surface area contributed by atoms with Gasteiger partial charge in [0.25, 0.3) is 0 Å². The van der Waals surface area contributed by atoms with Crippen LogP contribution in [0.3, 0.4) is 0 Å². The van der Waals surface area contributed by atoms with Gasteiger partial charge < -0.3 is 9.73 Å². The van der Waals surface area contributed by atoms with Gasteiger partial charge >= 0.3 is 0 Å². The van der Waals surface area contributed by atoms with E-state index < -0.39 is 0 Å². The molecule has 2 aromatic heterocycles. The highest BCUT2D eigenvalue weighted by Gasteiger charge is 1.98. The fourth-order valence-corrected chi connectivity index (χ4v) is 1.74. The fraction of sp³-hybridized carbons (Fsp3) is 0.182. The van der Waals surface area contributed by atoms with Crippen molar-refractivity contribution in [2.24, 2.45) is 0 Å². The molecule has 15 heavy (non-hydrogen) atoms. The number of halogens is 1. The van der Waals surface area contributed by atoms with E-state index in [1.165, 1.54) is 5.56 Å². The predicted molar refractivity (Wildman–Crippen MR) is 66.2 cm³/mol. The quantitative estimate of drug-likeness (QED) is 0.882. The first-order valence-electron chi connectivity index (χ1n) is 4.68. The number of nitrogens with zero attached hydrogens (tertiary/aromatic N) is 1. The Balaban J connectivity index is 1.80. The second-order valence-electron chi connectivity index (χ2n) is 3.17. The predicted octanol–water partition coefficient (Wildman–Crippen LogP) is 2.57. The highest BCUT2D eigenvalue weighted by Crippen LogP contribution is 2.09. The van der Waals surface area contributed by atoms with Crippen LogP contribution in [0.2, 0.25) is 0 Å². The van der Waals surface area contributed by atoms with Gasteiger partial charge in [-0.2, -0.15) is 0 Å². The number of hydrogen-bond acceptors (Lipinski definition) is 3. The lowest BCUT2D eigenvalue weighted by molar-refractivity contribution is 0.463. The van der Waals surface area contributed by atoms with Gasteiger partial charge in [0.15, 0.2) is 3.77 Å². The standard InChI is InChI=1S/C11H11IN2O/c12-11-4-3-10(15-11)8-14-7-9-2-1-5-13-6-9/h1-6,14H,7-8H2. The Morgan fingerprint density at radius 3 is 2.87 bits per heavy atom. The molecular formula is C11H11IN2O. The minimum Gasteiger partial charge on any atom is -0.454 e. The van der Waals surface area contributed by atoms with Crippen molar-refractivity contribution in [1.82, 2.24) is 10.3 Å². The van der Waals surface area contributed by atoms with Gasteiger partial charge in [-0.3, -0.25) is 4.98 Å². The van der Waals surface area contributed by atoms with Crippen molar-refractivity contribution in [2.45, 2.75) is 13.1 Å². The molecule has 0 radical (unpaired) electrons. The minimum atomic E-state index is 0.748. The van der Waals surface area contributed by atoms with Crippen LogP contribution in [-0.2, 0) is 13.1 Å². The second-order valence-corrected chi connectivity index (χ2v) is 4.23. The van der Waals surface area contributed by atoms with Crippen LogP contribution in [0.15, 0.2) is 41.1 Å². The fourth-order valence-electron chi connectivity index (χ4n) is 1.28. The SMILES string of the molecule is Ic1ccc(CNCc2cccnc2)o1. The van der Waals surface area contributed by atoms with Gasteiger partial charge in [-0.1, -0.05) is 6.07 Å². The van der Waals surface area contributed by atoms with Crippen LogP contribution in [0.25, 0.3) is 0 Å². The van der Waals surface area contributed by atoms with E-state index in [1.807, 2.05) is 30.5 Å². The molecule has 0 saturated carbocycles. The van der Waals surface area contributed by atoms with Crippen LogP contribution >= 0.6 is 22.6 Å². The Bertz CT molecular complexity index is 414. The lowest BCUT2D eigenvalue weighted by Gasteiger charge is -2.01. The smallest absolute Gasteiger partial charge is 0.164 e. The largest absolute Gasteiger partial charge is 0.454 e. The highest BCUT2D eigenvalue weighted by atomic mass is 127. The first-order valence-corrected chi connectivity index (χ1v) is 5.76. The van der Waals surface area contributed by atoms with E-state index in [0.717, 1.165) is 22.6 Å². The summed E-state index contributed by atoms with van der Waals surface area (Å²) in [6, 6.07) is 7.93. The lowest BCUT2D eigenvalue weighted by Crippen LogP contribution is -2.12. The molecule has 0 aliphatic carbocycles. The Morgan fingerprint density at radius 1 is 1.27 bits per heavy atom. The Morgan fingerprint density at radius 2 is 2.20 bits per heavy atom. The molecule has 2 rings (SSSR count). The van der Waals surface area contributed by atoms with Crippen molar-refractivity contribution in [3.05, 3.63) is 51.7 Å². The molecule has 0 atom stereocenters. The van der Waals surface area contributed by atoms with E-state index in [4.69, 9.17) is 4.42 Å². The van der Waals surface area contributed by atoms with E-state index in [0.29, 0.717) is 0 Å². The second kappa shape index (κ2) is 5.27. The molecule has 4 heteroatoms. The zero-order valence-electron chi connectivity index (χ0n) is 8.11. The average Bonchev–Trinajstić information content (AvgIpc) is 2.66. The number of nitrogens with one attached hydrogen (secondary N) is 1. The molecule has 0 aliphatic rings. The van der Waals surface area contributed by atoms with Gasteiger partial charge in [-0.05, 0) is 46.4 Å². The molecule has 0 unspecified atom stereocenters. The zero-order valence-corrected chi connectivity index (χ0v) is 10.3. The molecule has 0 aliphatic heterocycles. The maximum atomic E-state index is 5.43. The van der Waals surface area contributed by atoms with Crippen molar-refractivity contribution >= 4 is 22.6 Å². The summed E-state index contributed by atoms with van der Waals surface area (Å²) >= 11 is 2.16. The summed E-state index contributed by atoms with van der Waals surface area (Å²) in [7, 11) is 0. The summed E-state index contributed by atoms with van der Waals surface area (Å²) in [6.07, 6.45) is 3.64. The van der Waals surface area contributed by atoms with Crippen molar-refractivity contribution in [1.29, 1.82) is 0 Å². The topological polar surface area (TPSA) is 38.1 Å². The van der Waals surface area contributed by atoms with E-state index in [1.54, 1.807) is 6.20 Å². The van der Waals surface area contributed by atoms with Crippen molar-refractivity contribution in [3.8, 4) is 0 Å². The summed E-state index contributed by atoms with van der Waals surface area (Å²) in [5.74, 6) is 0.961. The number of hydrogen-bond donors (Lipinski definition) is 1. The van der Waals surface area contributed by atoms with Gasteiger partial charge in [0.05, 0.1) is 6.54 Å². The molecule has 1 N–H and O–H groups in total. The average molecular weight is 314 g/mol. The van der Waals surface area contributed by atoms with E-state index in [-0.39, 0.29) is 0 Å². The summed E-state index contributed by atoms with van der Waals surface area (Å²) in [4.78, 5) is 4.05. The summed E-state index contributed by atoms with van der Waals surface area (Å²) in [5.41, 5.74) is 1.18. The van der Waals surface area contributed by atoms with Crippen molar-refractivity contribution in [3.63, 3.8) is 0 Å². The van der Waals surface area contributed by atoms with Gasteiger partial charge in [0, 0.05) is 18.9 Å². The van der Waals surface area contributed by atoms with Crippen LogP contribution in [0.1, 0.15) is 11.3 Å². The molecule has 3 nitrogen and oxygen atoms in total. The molecule has 0 saturated heterocycles. The molecule has 0 fully saturated rings. The number of aromatic nitrogens is 1. The minimum absolute atomic E-state index is 0.748. The van der Waals surface area contributed by atoms with Crippen LogP contribution in [-0.4, -0.2) is 4.98 Å². The summed E-state index contributed by atoms with van der Waals surface area (Å²) < 4.78 is 6.35. The third kappa shape index (κ3) is 3.32. The lowest BCUT2D eigenvalue weighted by atomic mass is 10.3. The van der Waals surface area contributed by atoms with Gasteiger partial charge in [0.2, 0.25) is 0 Å². The molecule has 0 amide bonds.